The van der Waals surface area contributed by atoms with Gasteiger partial charge in [-0.05, 0) is 50.2 Å². The average Bonchev–Trinajstić information content (AvgIpc) is 3.13. The Kier molecular flexibility index (Phi) is 6.44. The molecule has 0 N–H and O–H groups in total. The third-order valence-electron chi connectivity index (χ3n) is 3.66. The van der Waals surface area contributed by atoms with Gasteiger partial charge in [-0.3, -0.25) is 4.79 Å². The lowest BCUT2D eigenvalue weighted by atomic mass is 10.2. The van der Waals surface area contributed by atoms with Gasteiger partial charge in [0.1, 0.15) is 10.8 Å². The van der Waals surface area contributed by atoms with Crippen molar-refractivity contribution in [1.29, 1.82) is 0 Å². The van der Waals surface area contributed by atoms with Crippen LogP contribution in [0.1, 0.15) is 19.5 Å². The molecule has 3 aromatic rings. The largest absolute Gasteiger partial charge is 0.494 e. The highest BCUT2D eigenvalue weighted by Gasteiger charge is 2.13. The molecular weight excluding hydrogens is 362 g/mol. The van der Waals surface area contributed by atoms with E-state index in [0.717, 1.165) is 16.3 Å². The Morgan fingerprint density at radius 2 is 1.67 bits per heavy atom. The molecule has 0 aliphatic heterocycles. The van der Waals surface area contributed by atoms with E-state index >= 15 is 0 Å². The molecule has 0 saturated heterocycles. The number of rotatable bonds is 8. The molecule has 0 atom stereocenters. The number of hydrogen-bond donors (Lipinski definition) is 0. The number of carbonyl (C=O) groups excluding carboxylic acids is 1. The van der Waals surface area contributed by atoms with E-state index in [2.05, 4.69) is 4.98 Å². The number of esters is 1. The molecule has 0 fully saturated rings. The Morgan fingerprint density at radius 1 is 0.963 bits per heavy atom. The van der Waals surface area contributed by atoms with Gasteiger partial charge in [-0.1, -0.05) is 12.1 Å². The van der Waals surface area contributed by atoms with E-state index in [1.807, 2.05) is 49.6 Å². The zero-order valence-electron chi connectivity index (χ0n) is 15.3. The Morgan fingerprint density at radius 3 is 2.37 bits per heavy atom. The molecule has 0 amide bonds. The van der Waals surface area contributed by atoms with Crippen LogP contribution in [0.15, 0.2) is 53.9 Å². The number of ether oxygens (including phenoxy) is 3. The predicted octanol–water partition coefficient (Wildman–Crippen LogP) is 4.76. The van der Waals surface area contributed by atoms with Gasteiger partial charge in [0.05, 0.1) is 25.3 Å². The van der Waals surface area contributed by atoms with Crippen LogP contribution in [-0.4, -0.2) is 24.2 Å². The highest BCUT2D eigenvalue weighted by molar-refractivity contribution is 7.13. The van der Waals surface area contributed by atoms with Crippen LogP contribution in [0.2, 0.25) is 0 Å². The molecule has 0 spiro atoms. The number of benzene rings is 2. The third-order valence-corrected chi connectivity index (χ3v) is 4.60. The number of para-hydroxylation sites is 2. The molecule has 0 unspecified atom stereocenters. The summed E-state index contributed by atoms with van der Waals surface area (Å²) in [6.45, 7) is 4.98. The number of carbonyl (C=O) groups is 1. The summed E-state index contributed by atoms with van der Waals surface area (Å²) in [5.41, 5.74) is 1.67. The Bertz CT molecular complexity index is 889. The minimum absolute atomic E-state index is 0.105. The molecule has 27 heavy (non-hydrogen) atoms. The van der Waals surface area contributed by atoms with Gasteiger partial charge in [0.15, 0.2) is 11.5 Å². The van der Waals surface area contributed by atoms with E-state index in [9.17, 15) is 4.79 Å². The van der Waals surface area contributed by atoms with E-state index in [1.165, 1.54) is 11.3 Å². The summed E-state index contributed by atoms with van der Waals surface area (Å²) in [6.07, 6.45) is 0.105. The zero-order valence-corrected chi connectivity index (χ0v) is 16.1. The normalized spacial score (nSPS) is 10.4. The maximum Gasteiger partial charge on any atom is 0.317 e. The van der Waals surface area contributed by atoms with Crippen molar-refractivity contribution in [3.8, 4) is 27.8 Å². The summed E-state index contributed by atoms with van der Waals surface area (Å²) in [4.78, 5) is 16.8. The first-order valence-electron chi connectivity index (χ1n) is 8.79. The second-order valence-electron chi connectivity index (χ2n) is 5.63. The number of aromatic nitrogens is 1. The fourth-order valence-electron chi connectivity index (χ4n) is 2.50. The van der Waals surface area contributed by atoms with Crippen LogP contribution < -0.4 is 14.2 Å². The highest BCUT2D eigenvalue weighted by Crippen LogP contribution is 2.28. The molecule has 1 heterocycles. The van der Waals surface area contributed by atoms with Crippen molar-refractivity contribution in [3.05, 3.63) is 59.6 Å². The quantitative estimate of drug-likeness (QED) is 0.415. The summed E-state index contributed by atoms with van der Waals surface area (Å²) in [5, 5.41) is 2.73. The van der Waals surface area contributed by atoms with E-state index in [-0.39, 0.29) is 12.4 Å². The van der Waals surface area contributed by atoms with Crippen LogP contribution in [0, 0.1) is 0 Å². The second-order valence-corrected chi connectivity index (χ2v) is 6.49. The van der Waals surface area contributed by atoms with E-state index < -0.39 is 0 Å². The summed E-state index contributed by atoms with van der Waals surface area (Å²) < 4.78 is 16.4. The van der Waals surface area contributed by atoms with Crippen molar-refractivity contribution in [2.45, 2.75) is 20.3 Å². The number of nitrogens with zero attached hydrogens (tertiary/aromatic N) is 1. The lowest BCUT2D eigenvalue weighted by Crippen LogP contribution is -2.12. The second kappa shape index (κ2) is 9.19. The van der Waals surface area contributed by atoms with Crippen molar-refractivity contribution >= 4 is 17.3 Å². The Balaban J connectivity index is 1.64. The molecule has 3 rings (SSSR count). The van der Waals surface area contributed by atoms with Crippen molar-refractivity contribution in [2.24, 2.45) is 0 Å². The van der Waals surface area contributed by atoms with Crippen molar-refractivity contribution in [3.63, 3.8) is 0 Å². The van der Waals surface area contributed by atoms with Gasteiger partial charge in [-0.15, -0.1) is 11.3 Å². The summed E-state index contributed by atoms with van der Waals surface area (Å²) in [5.74, 6) is 1.44. The summed E-state index contributed by atoms with van der Waals surface area (Å²) in [6, 6.07) is 14.9. The maximum absolute atomic E-state index is 12.3. The standard InChI is InChI=1S/C21H21NO4S/c1-3-24-17-11-9-15(10-12-17)21-22-16(14-27-21)13-20(23)26-19-8-6-5-7-18(19)25-4-2/h5-12,14H,3-4,13H2,1-2H3. The van der Waals surface area contributed by atoms with Crippen LogP contribution in [0.25, 0.3) is 10.6 Å². The summed E-state index contributed by atoms with van der Waals surface area (Å²) in [7, 11) is 0. The average molecular weight is 383 g/mol. The van der Waals surface area contributed by atoms with Crippen molar-refractivity contribution < 1.29 is 19.0 Å². The molecule has 0 aliphatic rings. The molecule has 6 heteroatoms. The fourth-order valence-corrected chi connectivity index (χ4v) is 3.32. The smallest absolute Gasteiger partial charge is 0.317 e. The highest BCUT2D eigenvalue weighted by atomic mass is 32.1. The van der Waals surface area contributed by atoms with Gasteiger partial charge >= 0.3 is 5.97 Å². The molecule has 0 radical (unpaired) electrons. The van der Waals surface area contributed by atoms with Crippen molar-refractivity contribution in [2.75, 3.05) is 13.2 Å². The van der Waals surface area contributed by atoms with Gasteiger partial charge in [0, 0.05) is 10.9 Å². The summed E-state index contributed by atoms with van der Waals surface area (Å²) >= 11 is 1.50. The van der Waals surface area contributed by atoms with Gasteiger partial charge in [0.25, 0.3) is 0 Å². The monoisotopic (exact) mass is 383 g/mol. The maximum atomic E-state index is 12.3. The molecule has 0 aliphatic carbocycles. The number of thiazole rings is 1. The van der Waals surface area contributed by atoms with Gasteiger partial charge in [0.2, 0.25) is 0 Å². The lowest BCUT2D eigenvalue weighted by molar-refractivity contribution is -0.133. The first kappa shape index (κ1) is 18.9. The van der Waals surface area contributed by atoms with Crippen LogP contribution >= 0.6 is 11.3 Å². The fraction of sp³-hybridized carbons (Fsp3) is 0.238. The van der Waals surface area contributed by atoms with Crippen LogP contribution in [0.5, 0.6) is 17.2 Å². The van der Waals surface area contributed by atoms with E-state index in [1.54, 1.807) is 18.2 Å². The van der Waals surface area contributed by atoms with Crippen molar-refractivity contribution in [1.82, 2.24) is 4.98 Å². The molecule has 0 saturated carbocycles. The van der Waals surface area contributed by atoms with E-state index in [0.29, 0.717) is 30.4 Å². The minimum atomic E-state index is -0.370. The zero-order chi connectivity index (χ0) is 19.1. The first-order valence-corrected chi connectivity index (χ1v) is 9.67. The Hall–Kier alpha value is -2.86. The van der Waals surface area contributed by atoms with Gasteiger partial charge < -0.3 is 14.2 Å². The lowest BCUT2D eigenvalue weighted by Gasteiger charge is -2.09. The molecule has 140 valence electrons. The first-order chi connectivity index (χ1) is 13.2. The minimum Gasteiger partial charge on any atom is -0.494 e. The van der Waals surface area contributed by atoms with Crippen LogP contribution in [-0.2, 0) is 11.2 Å². The molecule has 1 aromatic heterocycles. The van der Waals surface area contributed by atoms with Crippen LogP contribution in [0.3, 0.4) is 0 Å². The SMILES string of the molecule is CCOc1ccc(-c2nc(CC(=O)Oc3ccccc3OCC)cs2)cc1. The Labute approximate surface area is 162 Å². The van der Waals surface area contributed by atoms with E-state index in [4.69, 9.17) is 14.2 Å². The predicted molar refractivity (Wildman–Crippen MR) is 106 cm³/mol. The molecule has 0 bridgehead atoms. The van der Waals surface area contributed by atoms with Crippen LogP contribution in [0.4, 0.5) is 0 Å². The number of hydrogen-bond acceptors (Lipinski definition) is 6. The molecule has 2 aromatic carbocycles. The van der Waals surface area contributed by atoms with Gasteiger partial charge in [-0.2, -0.15) is 0 Å². The molecular formula is C21H21NO4S. The topological polar surface area (TPSA) is 57.7 Å². The third kappa shape index (κ3) is 5.08. The molecule has 5 nitrogen and oxygen atoms in total. The van der Waals surface area contributed by atoms with Gasteiger partial charge in [-0.25, -0.2) is 4.98 Å².